The van der Waals surface area contributed by atoms with Crippen molar-refractivity contribution in [2.24, 2.45) is 23.3 Å². The lowest BCUT2D eigenvalue weighted by molar-refractivity contribution is -0.189. The molecule has 99 heavy (non-hydrogen) atoms. The van der Waals surface area contributed by atoms with Crippen LogP contribution in [0.5, 0.6) is 0 Å². The summed E-state index contributed by atoms with van der Waals surface area (Å²) in [4.78, 5) is 159. The summed E-state index contributed by atoms with van der Waals surface area (Å²) >= 11 is 0. The Kier molecular flexibility index (Phi) is 24.1. The first-order valence-corrected chi connectivity index (χ1v) is 34.3. The normalized spacial score (nSPS) is 18.3. The molecule has 2 saturated carbocycles. The number of Topliss-reactive ketones (excluding diaryl/α,β-unsaturated/α-hetero) is 3. The lowest BCUT2D eigenvalue weighted by Crippen LogP contribution is -2.48. The van der Waals surface area contributed by atoms with Crippen LogP contribution >= 0.6 is 0 Å². The summed E-state index contributed by atoms with van der Waals surface area (Å²) in [6, 6.07) is 22.7. The van der Waals surface area contributed by atoms with E-state index >= 15 is 0 Å². The number of esters is 4. The second kappa shape index (κ2) is 32.4. The third kappa shape index (κ3) is 16.4. The van der Waals surface area contributed by atoms with Crippen LogP contribution in [0, 0.1) is 11.8 Å². The maximum absolute atomic E-state index is 13.8. The van der Waals surface area contributed by atoms with E-state index in [2.05, 4.69) is 10.6 Å². The molecule has 4 aromatic heterocycles. The number of nitrogens with two attached hydrogens (primary N) is 2. The van der Waals surface area contributed by atoms with E-state index in [1.54, 1.807) is 35.1 Å². The van der Waals surface area contributed by atoms with Crippen molar-refractivity contribution in [1.82, 2.24) is 29.7 Å². The Morgan fingerprint density at radius 3 is 1.54 bits per heavy atom. The molecule has 25 nitrogen and oxygen atoms in total. The van der Waals surface area contributed by atoms with E-state index in [4.69, 9.17) is 45.5 Å². The number of hydrogen-bond donors (Lipinski definition) is 5. The molecule has 8 heterocycles. The van der Waals surface area contributed by atoms with Gasteiger partial charge >= 0.3 is 29.8 Å². The number of fused-ring (bicyclic) bond motifs is 10. The molecule has 0 radical (unpaired) electrons. The van der Waals surface area contributed by atoms with Crippen LogP contribution in [0.1, 0.15) is 190 Å². The average Bonchev–Trinajstić information content (AvgIpc) is 1.69. The van der Waals surface area contributed by atoms with Crippen LogP contribution in [0.4, 0.5) is 0 Å². The molecule has 6 aromatic rings. The number of para-hydroxylation sites is 2. The van der Waals surface area contributed by atoms with E-state index in [9.17, 15) is 57.5 Å². The summed E-state index contributed by atoms with van der Waals surface area (Å²) in [5, 5.41) is 15.9. The molecule has 0 saturated heterocycles. The van der Waals surface area contributed by atoms with E-state index in [1.807, 2.05) is 74.5 Å². The van der Waals surface area contributed by atoms with Gasteiger partial charge in [0.2, 0.25) is 23.0 Å². The maximum Gasteiger partial charge on any atom is 0.355 e. The molecule has 526 valence electrons. The summed E-state index contributed by atoms with van der Waals surface area (Å²) in [5.41, 5.74) is 13.5. The zero-order valence-corrected chi connectivity index (χ0v) is 57.0. The fraction of sp³-hybridized carbons (Fsp3) is 0.486. The molecule has 12 rings (SSSR count). The van der Waals surface area contributed by atoms with Gasteiger partial charge in [-0.15, -0.1) is 0 Å². The Bertz CT molecular complexity index is 4270. The quantitative estimate of drug-likeness (QED) is 0.0284. The van der Waals surface area contributed by atoms with Gasteiger partial charge in [-0.2, -0.15) is 0 Å². The van der Waals surface area contributed by atoms with Crippen molar-refractivity contribution in [3.63, 3.8) is 0 Å². The Balaban J connectivity index is 0.000000205. The van der Waals surface area contributed by atoms with Gasteiger partial charge in [0, 0.05) is 82.6 Å². The van der Waals surface area contributed by atoms with E-state index in [1.165, 1.54) is 33.1 Å². The number of cyclic esters (lactones) is 2. The van der Waals surface area contributed by atoms with E-state index in [-0.39, 0.29) is 141 Å². The molecule has 2 aromatic carbocycles. The monoisotopic (exact) mass is 1360 g/mol. The van der Waals surface area contributed by atoms with Crippen molar-refractivity contribution in [3.8, 4) is 22.8 Å². The molecule has 2 amide bonds. The van der Waals surface area contributed by atoms with Crippen LogP contribution in [0.3, 0.4) is 0 Å². The summed E-state index contributed by atoms with van der Waals surface area (Å²) in [6.45, 7) is 9.83. The lowest BCUT2D eigenvalue weighted by atomic mass is 9.85. The molecule has 0 spiro atoms. The van der Waals surface area contributed by atoms with Crippen molar-refractivity contribution >= 4 is 80.8 Å². The van der Waals surface area contributed by atoms with Crippen LogP contribution in [-0.4, -0.2) is 108 Å². The lowest BCUT2D eigenvalue weighted by Gasteiger charge is -2.35. The Morgan fingerprint density at radius 2 is 1.11 bits per heavy atom. The zero-order valence-electron chi connectivity index (χ0n) is 57.0. The highest BCUT2D eigenvalue weighted by molar-refractivity contribution is 5.92. The zero-order chi connectivity index (χ0) is 71.5. The van der Waals surface area contributed by atoms with Gasteiger partial charge in [-0.3, -0.25) is 47.9 Å². The molecule has 3 unspecified atom stereocenters. The van der Waals surface area contributed by atoms with Gasteiger partial charge in [0.05, 0.1) is 77.0 Å². The number of nitrogens with zero attached hydrogens (tertiary/aromatic N) is 4. The van der Waals surface area contributed by atoms with Gasteiger partial charge in [-0.1, -0.05) is 70.5 Å². The van der Waals surface area contributed by atoms with Gasteiger partial charge < -0.3 is 55.3 Å². The number of aromatic nitrogens is 4. The molecule has 4 aliphatic heterocycles. The fourth-order valence-electron chi connectivity index (χ4n) is 13.1. The SMILES string of the molecule is CCC(CCC(=O)CCC(=O)O[C@]1(CC)C(=O)OCc2c1cc1n(c2=O)Cc2cc3ccccc3nc2-1)C(=O)NC(CCC(=O)NC1CCC1)C(C)=O.CCC(CCC(=O)O)C(C)=O.CC[C@@]1(OC(=O)CN)C(=O)OCc2c1cc1n(c2=O)Cc2cc3ccccc3nc2-1.NC1CCC1. The highest BCUT2D eigenvalue weighted by atomic mass is 16.6. The Hall–Kier alpha value is -9.62. The number of carboxylic acids is 1. The van der Waals surface area contributed by atoms with Crippen LogP contribution in [-0.2, 0) is 104 Å². The summed E-state index contributed by atoms with van der Waals surface area (Å²) in [6.07, 6.45) is 8.77. The smallest absolute Gasteiger partial charge is 0.355 e. The predicted octanol–water partition coefficient (Wildman–Crippen LogP) is 7.86. The molecule has 25 heteroatoms. The molecule has 5 atom stereocenters. The minimum absolute atomic E-state index is 0.000835. The van der Waals surface area contributed by atoms with Crippen LogP contribution in [0.25, 0.3) is 44.6 Å². The number of benzene rings is 2. The highest BCUT2D eigenvalue weighted by Crippen LogP contribution is 2.43. The second-order valence-corrected chi connectivity index (χ2v) is 26.1. The number of ether oxygens (including phenoxy) is 4. The number of ketones is 3. The van der Waals surface area contributed by atoms with E-state index in [0.29, 0.717) is 65.9 Å². The summed E-state index contributed by atoms with van der Waals surface area (Å²) in [5.74, 6) is -5.42. The molecule has 6 aliphatic rings. The highest BCUT2D eigenvalue weighted by Gasteiger charge is 2.52. The van der Waals surface area contributed by atoms with Gasteiger partial charge in [-0.05, 0) is 127 Å². The first-order chi connectivity index (χ1) is 47.4. The number of carbonyl (C=O) groups is 10. The van der Waals surface area contributed by atoms with Gasteiger partial charge in [0.1, 0.15) is 24.8 Å². The Labute approximate surface area is 572 Å². The number of aliphatic carboxylic acids is 1. The molecular weight excluding hydrogens is 1270 g/mol. The molecular formula is C74H88N8O17. The molecule has 7 N–H and O–H groups in total. The van der Waals surface area contributed by atoms with Gasteiger partial charge in [0.15, 0.2) is 5.78 Å². The maximum atomic E-state index is 13.8. The van der Waals surface area contributed by atoms with Gasteiger partial charge in [0.25, 0.3) is 11.1 Å². The third-order valence-corrected chi connectivity index (χ3v) is 19.6. The van der Waals surface area contributed by atoms with Gasteiger partial charge in [-0.25, -0.2) is 19.6 Å². The number of hydrogen-bond acceptors (Lipinski definition) is 20. The number of rotatable bonds is 24. The minimum atomic E-state index is -1.88. The number of amides is 2. The van der Waals surface area contributed by atoms with Crippen molar-refractivity contribution in [2.45, 2.75) is 213 Å². The Morgan fingerprint density at radius 1 is 0.626 bits per heavy atom. The standard InChI is InChI=1S/C40H46N4O9.C22H19N3O5.C8H14O3.C4H9N/c1-4-24(37(49)43-31(23(3)45)16-17-34(47)41-27-10-8-11-27)13-14-28(46)15-18-35(48)53-40(5-2)30-20-33-36-26(19-25-9-6-7-12-32(25)42-36)21-44(33)38(50)29(30)22-52-39(40)51;1-2-22(30-18(26)9-23)15-8-17-19-13(7-12-5-3-4-6-16(12)24-19)10-25(17)20(27)14(15)11-29-21(22)28;1-3-7(6(2)9)4-5-8(10)11;5-4-2-1-3-4/h6-7,9,12,19-20,24,27,31H,4-5,8,10-11,13-18,21-22H2,1-3H3,(H,41,47)(H,43,49);3-8H,2,9-11,23H2,1H3;7H,3-5H2,1-2H3,(H,10,11);4H,1-3,5H2/t24?,31?,40-;22-;;/m00../s1. The first kappa shape index (κ1) is 73.6. The van der Waals surface area contributed by atoms with Crippen molar-refractivity contribution < 1.29 is 72.0 Å². The van der Waals surface area contributed by atoms with E-state index in [0.717, 1.165) is 58.6 Å². The topological polar surface area (TPSA) is 374 Å². The van der Waals surface area contributed by atoms with Crippen molar-refractivity contribution in [2.75, 3.05) is 6.54 Å². The molecule has 2 fully saturated rings. The number of pyridine rings is 4. The number of carbonyl (C=O) groups excluding carboxylic acids is 9. The minimum Gasteiger partial charge on any atom is -0.481 e. The average molecular weight is 1360 g/mol. The van der Waals surface area contributed by atoms with E-state index < -0.39 is 53.0 Å². The van der Waals surface area contributed by atoms with Crippen molar-refractivity contribution in [1.29, 1.82) is 0 Å². The fourth-order valence-corrected chi connectivity index (χ4v) is 13.1. The second-order valence-electron chi connectivity index (χ2n) is 26.1. The summed E-state index contributed by atoms with van der Waals surface area (Å²) < 4.78 is 25.2. The van der Waals surface area contributed by atoms with Crippen LogP contribution < -0.4 is 33.2 Å². The largest absolute Gasteiger partial charge is 0.481 e. The molecule has 2 aliphatic carbocycles. The first-order valence-electron chi connectivity index (χ1n) is 34.3. The number of carboxylic acid groups (broad SMARTS) is 1. The predicted molar refractivity (Wildman–Crippen MR) is 364 cm³/mol. The number of nitrogens with one attached hydrogen (secondary N) is 2. The van der Waals surface area contributed by atoms with Crippen LogP contribution in [0.15, 0.2) is 82.4 Å². The third-order valence-electron chi connectivity index (χ3n) is 19.6. The van der Waals surface area contributed by atoms with Crippen LogP contribution in [0.2, 0.25) is 0 Å². The summed E-state index contributed by atoms with van der Waals surface area (Å²) in [7, 11) is 0. The molecule has 0 bridgehead atoms. The van der Waals surface area contributed by atoms with Crippen molar-refractivity contribution in [3.05, 3.63) is 127 Å².